The van der Waals surface area contributed by atoms with E-state index in [4.69, 9.17) is 6.57 Å². The van der Waals surface area contributed by atoms with Crippen molar-refractivity contribution in [3.05, 3.63) is 102 Å². The number of nitrogens with zero attached hydrogens (tertiary/aromatic N) is 4. The number of amides is 2. The van der Waals surface area contributed by atoms with Gasteiger partial charge >= 0.3 is 0 Å². The molecule has 6 nitrogen and oxygen atoms in total. The molecule has 0 radical (unpaired) electrons. The number of aromatic nitrogens is 2. The maximum Gasteiger partial charge on any atom is 0.263 e. The normalized spacial score (nSPS) is 13.0. The fourth-order valence-corrected chi connectivity index (χ4v) is 4.75. The zero-order chi connectivity index (χ0) is 22.7. The molecule has 156 valence electrons. The summed E-state index contributed by atoms with van der Waals surface area (Å²) in [6.45, 7) is 7.64. The highest BCUT2D eigenvalue weighted by Gasteiger charge is 2.36. The third-order valence-corrected chi connectivity index (χ3v) is 6.24. The number of carbonyl (C=O) groups is 2. The van der Waals surface area contributed by atoms with Crippen molar-refractivity contribution >= 4 is 39.3 Å². The Kier molecular flexibility index (Phi) is 3.95. The van der Waals surface area contributed by atoms with Gasteiger partial charge in [-0.2, -0.15) is 0 Å². The first-order valence-corrected chi connectivity index (χ1v) is 10.4. The van der Waals surface area contributed by atoms with Crippen molar-refractivity contribution in [2.75, 3.05) is 7.05 Å². The molecule has 0 saturated carbocycles. The quantitative estimate of drug-likeness (QED) is 0.271. The van der Waals surface area contributed by atoms with Crippen LogP contribution in [0.3, 0.4) is 0 Å². The Morgan fingerprint density at radius 1 is 0.818 bits per heavy atom. The highest BCUT2D eigenvalue weighted by molar-refractivity contribution is 6.24. The number of hydrogen-bond acceptors (Lipinski definition) is 3. The minimum Gasteiger partial charge on any atom is -0.308 e. The second-order valence-corrected chi connectivity index (χ2v) is 7.93. The Labute approximate surface area is 189 Å². The largest absolute Gasteiger partial charge is 0.308 e. The maximum absolute atomic E-state index is 13.1. The molecular weight excluding hydrogens is 412 g/mol. The van der Waals surface area contributed by atoms with Gasteiger partial charge in [-0.25, -0.2) is 4.85 Å². The molecule has 6 rings (SSSR count). The second kappa shape index (κ2) is 6.87. The minimum atomic E-state index is -0.322. The first-order valence-electron chi connectivity index (χ1n) is 10.4. The minimum absolute atomic E-state index is 0.305. The van der Waals surface area contributed by atoms with E-state index in [0.29, 0.717) is 28.1 Å². The van der Waals surface area contributed by atoms with Crippen LogP contribution in [0.25, 0.3) is 43.5 Å². The molecule has 0 aliphatic carbocycles. The van der Waals surface area contributed by atoms with Crippen molar-refractivity contribution in [2.45, 2.75) is 0 Å². The lowest BCUT2D eigenvalue weighted by Crippen LogP contribution is -2.24. The first kappa shape index (κ1) is 19.0. The van der Waals surface area contributed by atoms with E-state index in [1.54, 1.807) is 30.6 Å². The lowest BCUT2D eigenvalue weighted by molar-refractivity contribution is 0.0693. The Morgan fingerprint density at radius 2 is 1.58 bits per heavy atom. The van der Waals surface area contributed by atoms with Crippen LogP contribution in [0, 0.1) is 6.57 Å². The van der Waals surface area contributed by atoms with E-state index in [1.165, 1.54) is 7.05 Å². The van der Waals surface area contributed by atoms with E-state index in [1.807, 2.05) is 53.1 Å². The summed E-state index contributed by atoms with van der Waals surface area (Å²) in [7, 11) is 1.50. The SMILES string of the molecule is [C-]#[N+]c1ccncc1-c1cccc2c3ccccc3n(-c3cccc4c3C(=O)N(C)C4=O)c12. The molecule has 0 N–H and O–H groups in total. The monoisotopic (exact) mass is 428 g/mol. The maximum atomic E-state index is 13.1. The molecule has 0 fully saturated rings. The van der Waals surface area contributed by atoms with Crippen LogP contribution in [-0.4, -0.2) is 33.3 Å². The van der Waals surface area contributed by atoms with E-state index in [9.17, 15) is 9.59 Å². The smallest absolute Gasteiger partial charge is 0.263 e. The molecule has 6 heteroatoms. The predicted octanol–water partition coefficient (Wildman–Crippen LogP) is 5.62. The first-order chi connectivity index (χ1) is 16.1. The number of para-hydroxylation sites is 2. The fraction of sp³-hybridized carbons (Fsp3) is 0.0370. The zero-order valence-corrected chi connectivity index (χ0v) is 17.6. The van der Waals surface area contributed by atoms with Gasteiger partial charge < -0.3 is 4.57 Å². The molecule has 0 atom stereocenters. The van der Waals surface area contributed by atoms with E-state index < -0.39 is 0 Å². The number of hydrogen-bond donors (Lipinski definition) is 0. The Balaban J connectivity index is 1.81. The van der Waals surface area contributed by atoms with Crippen molar-refractivity contribution in [1.82, 2.24) is 14.5 Å². The van der Waals surface area contributed by atoms with Crippen molar-refractivity contribution in [1.29, 1.82) is 0 Å². The van der Waals surface area contributed by atoms with Crippen LogP contribution in [0.5, 0.6) is 0 Å². The van der Waals surface area contributed by atoms with Gasteiger partial charge in [0, 0.05) is 35.8 Å². The molecule has 0 unspecified atom stereocenters. The molecule has 2 aromatic heterocycles. The average Bonchev–Trinajstić information content (AvgIpc) is 3.31. The van der Waals surface area contributed by atoms with Gasteiger partial charge in [0.2, 0.25) is 0 Å². The lowest BCUT2D eigenvalue weighted by Gasteiger charge is -2.14. The van der Waals surface area contributed by atoms with Gasteiger partial charge in [-0.1, -0.05) is 42.5 Å². The van der Waals surface area contributed by atoms with Crippen molar-refractivity contribution in [3.63, 3.8) is 0 Å². The Hall–Kier alpha value is -4.76. The molecule has 0 spiro atoms. The number of fused-ring (bicyclic) bond motifs is 4. The van der Waals surface area contributed by atoms with Crippen LogP contribution >= 0.6 is 0 Å². The lowest BCUT2D eigenvalue weighted by atomic mass is 10.0. The van der Waals surface area contributed by atoms with Gasteiger partial charge in [0.05, 0.1) is 34.4 Å². The molecule has 0 bridgehead atoms. The number of carbonyl (C=O) groups excluding carboxylic acids is 2. The van der Waals surface area contributed by atoms with Gasteiger partial charge in [-0.05, 0) is 29.8 Å². The molecule has 3 aromatic carbocycles. The summed E-state index contributed by atoms with van der Waals surface area (Å²) >= 11 is 0. The van der Waals surface area contributed by atoms with Crippen LogP contribution in [0.15, 0.2) is 79.1 Å². The van der Waals surface area contributed by atoms with E-state index in [-0.39, 0.29) is 11.8 Å². The van der Waals surface area contributed by atoms with Crippen molar-refractivity contribution in [3.8, 4) is 16.8 Å². The predicted molar refractivity (Wildman–Crippen MR) is 127 cm³/mol. The van der Waals surface area contributed by atoms with E-state index in [2.05, 4.69) is 9.83 Å². The summed E-state index contributed by atoms with van der Waals surface area (Å²) in [4.78, 5) is 34.9. The van der Waals surface area contributed by atoms with Crippen molar-refractivity contribution in [2.24, 2.45) is 0 Å². The summed E-state index contributed by atoms with van der Waals surface area (Å²) in [5, 5.41) is 2.01. The third-order valence-electron chi connectivity index (χ3n) is 6.24. The van der Waals surface area contributed by atoms with Crippen LogP contribution in [0.4, 0.5) is 5.69 Å². The molecule has 1 aliphatic heterocycles. The highest BCUT2D eigenvalue weighted by atomic mass is 16.2. The average molecular weight is 428 g/mol. The van der Waals surface area contributed by atoms with Crippen LogP contribution in [0.2, 0.25) is 0 Å². The summed E-state index contributed by atoms with van der Waals surface area (Å²) < 4.78 is 2.03. The summed E-state index contributed by atoms with van der Waals surface area (Å²) in [6, 6.07) is 21.0. The molecule has 1 aliphatic rings. The van der Waals surface area contributed by atoms with Crippen LogP contribution in [-0.2, 0) is 0 Å². The Morgan fingerprint density at radius 3 is 2.42 bits per heavy atom. The van der Waals surface area contributed by atoms with Crippen LogP contribution < -0.4 is 0 Å². The van der Waals surface area contributed by atoms with Gasteiger partial charge in [0.15, 0.2) is 5.69 Å². The van der Waals surface area contributed by atoms with Crippen LogP contribution in [0.1, 0.15) is 20.7 Å². The number of imide groups is 1. The number of benzene rings is 3. The summed E-state index contributed by atoms with van der Waals surface area (Å²) in [5.41, 5.74) is 5.25. The topological polar surface area (TPSA) is 59.6 Å². The molecule has 33 heavy (non-hydrogen) atoms. The van der Waals surface area contributed by atoms with E-state index in [0.717, 1.165) is 32.3 Å². The van der Waals surface area contributed by atoms with Gasteiger partial charge in [-0.15, -0.1) is 0 Å². The zero-order valence-electron chi connectivity index (χ0n) is 17.6. The highest BCUT2D eigenvalue weighted by Crippen LogP contribution is 2.42. The third kappa shape index (κ3) is 2.50. The van der Waals surface area contributed by atoms with E-state index >= 15 is 0 Å². The number of pyridine rings is 1. The standard InChI is InChI=1S/C27H16N4O2/c1-28-21-13-14-29-15-20(21)18-9-5-8-17-16-7-3-4-11-22(16)31(25(17)18)23-12-6-10-19-24(23)27(33)30(2)26(19)32/h3-15H,2H3. The fourth-order valence-electron chi connectivity index (χ4n) is 4.75. The Bertz CT molecular complexity index is 1690. The van der Waals surface area contributed by atoms with Gasteiger partial charge in [0.1, 0.15) is 0 Å². The number of rotatable bonds is 2. The summed E-state index contributed by atoms with van der Waals surface area (Å²) in [5.74, 6) is -0.627. The van der Waals surface area contributed by atoms with Gasteiger partial charge in [0.25, 0.3) is 11.8 Å². The second-order valence-electron chi connectivity index (χ2n) is 7.93. The summed E-state index contributed by atoms with van der Waals surface area (Å²) in [6.07, 6.45) is 3.30. The van der Waals surface area contributed by atoms with Gasteiger partial charge in [-0.3, -0.25) is 19.5 Å². The molecule has 5 aromatic rings. The molecular formula is C27H16N4O2. The van der Waals surface area contributed by atoms with Crippen molar-refractivity contribution < 1.29 is 9.59 Å². The molecule has 2 amide bonds. The molecule has 0 saturated heterocycles. The molecule has 3 heterocycles.